The zero-order valence-electron chi connectivity index (χ0n) is 19.0. The van der Waals surface area contributed by atoms with E-state index >= 15 is 0 Å². The Kier molecular flexibility index (Phi) is 7.41. The van der Waals surface area contributed by atoms with Gasteiger partial charge in [-0.05, 0) is 35.7 Å². The van der Waals surface area contributed by atoms with E-state index in [1.807, 2.05) is 37.3 Å². The van der Waals surface area contributed by atoms with Crippen LogP contribution in [-0.4, -0.2) is 51.1 Å². The normalized spacial score (nSPS) is 17.4. The first-order valence-corrected chi connectivity index (χ1v) is 10.6. The highest BCUT2D eigenvalue weighted by Gasteiger charge is 2.44. The molecule has 32 heavy (non-hydrogen) atoms. The van der Waals surface area contributed by atoms with Crippen LogP contribution in [0.25, 0.3) is 0 Å². The van der Waals surface area contributed by atoms with Gasteiger partial charge in [-0.25, -0.2) is 0 Å². The quantitative estimate of drug-likeness (QED) is 0.604. The van der Waals surface area contributed by atoms with Crippen LogP contribution in [0.2, 0.25) is 0 Å². The Morgan fingerprint density at radius 1 is 1.12 bits per heavy atom. The highest BCUT2D eigenvalue weighted by Crippen LogP contribution is 2.47. The molecular weight excluding hydrogens is 408 g/mol. The molecule has 0 saturated heterocycles. The van der Waals surface area contributed by atoms with E-state index in [0.717, 1.165) is 12.0 Å². The van der Waals surface area contributed by atoms with Crippen molar-refractivity contribution in [2.75, 3.05) is 34.4 Å². The molecular formula is C25H30N2O5. The minimum atomic E-state index is -0.613. The smallest absolute Gasteiger partial charge is 0.254 e. The van der Waals surface area contributed by atoms with Crippen LogP contribution in [0.1, 0.15) is 46.8 Å². The second kappa shape index (κ2) is 10.2. The van der Waals surface area contributed by atoms with E-state index in [2.05, 4.69) is 11.9 Å². The summed E-state index contributed by atoms with van der Waals surface area (Å²) in [5.74, 6) is 0.498. The molecule has 1 N–H and O–H groups in total. The molecule has 1 aliphatic heterocycles. The minimum Gasteiger partial charge on any atom is -0.493 e. The Morgan fingerprint density at radius 3 is 2.34 bits per heavy atom. The molecule has 7 nitrogen and oxygen atoms in total. The Labute approximate surface area is 189 Å². The molecule has 0 bridgehead atoms. The zero-order valence-corrected chi connectivity index (χ0v) is 19.0. The standard InChI is InChI=1S/C25H30N2O5/c1-6-12-26-24(28)21-17-10-8-9-11-18(17)25(29)27(13-7-2)22(21)16-14-19(30-3)23(32-5)20(15-16)31-4/h6,8-11,14-15,21-22H,1,7,12-13H2,2-5H3,(H,26,28)/t21-,22-/m1/s1. The number of benzene rings is 2. The summed E-state index contributed by atoms with van der Waals surface area (Å²) in [6.45, 7) is 6.53. The number of carbonyl (C=O) groups excluding carboxylic acids is 2. The Morgan fingerprint density at radius 2 is 1.78 bits per heavy atom. The van der Waals surface area contributed by atoms with Gasteiger partial charge in [-0.3, -0.25) is 9.59 Å². The van der Waals surface area contributed by atoms with Crippen molar-refractivity contribution < 1.29 is 23.8 Å². The number of fused-ring (bicyclic) bond motifs is 1. The summed E-state index contributed by atoms with van der Waals surface area (Å²) in [6.07, 6.45) is 2.38. The fourth-order valence-corrected chi connectivity index (χ4v) is 4.29. The van der Waals surface area contributed by atoms with Gasteiger partial charge in [0.2, 0.25) is 11.7 Å². The minimum absolute atomic E-state index is 0.103. The molecule has 0 radical (unpaired) electrons. The molecule has 1 heterocycles. The van der Waals surface area contributed by atoms with E-state index in [1.54, 1.807) is 31.3 Å². The van der Waals surface area contributed by atoms with Gasteiger partial charge < -0.3 is 24.4 Å². The van der Waals surface area contributed by atoms with Gasteiger partial charge in [0.15, 0.2) is 11.5 Å². The molecule has 2 aromatic carbocycles. The summed E-state index contributed by atoms with van der Waals surface area (Å²) in [5.41, 5.74) is 1.98. The number of rotatable bonds is 9. The molecule has 2 atom stereocenters. The molecule has 2 amide bonds. The molecule has 2 aromatic rings. The van der Waals surface area contributed by atoms with Crippen molar-refractivity contribution in [3.63, 3.8) is 0 Å². The van der Waals surface area contributed by atoms with Crippen LogP contribution in [-0.2, 0) is 4.79 Å². The first kappa shape index (κ1) is 23.2. The number of carbonyl (C=O) groups is 2. The monoisotopic (exact) mass is 438 g/mol. The van der Waals surface area contributed by atoms with Crippen LogP contribution in [0.3, 0.4) is 0 Å². The maximum Gasteiger partial charge on any atom is 0.254 e. The summed E-state index contributed by atoms with van der Waals surface area (Å²) in [7, 11) is 4.62. The second-order valence-corrected chi connectivity index (χ2v) is 7.50. The fraction of sp³-hybridized carbons (Fsp3) is 0.360. The van der Waals surface area contributed by atoms with Gasteiger partial charge in [-0.15, -0.1) is 6.58 Å². The van der Waals surface area contributed by atoms with Crippen molar-refractivity contribution in [3.8, 4) is 17.2 Å². The summed E-state index contributed by atoms with van der Waals surface area (Å²) in [4.78, 5) is 28.7. The van der Waals surface area contributed by atoms with Crippen LogP contribution in [0.5, 0.6) is 17.2 Å². The topological polar surface area (TPSA) is 77.1 Å². The highest BCUT2D eigenvalue weighted by molar-refractivity contribution is 6.01. The summed E-state index contributed by atoms with van der Waals surface area (Å²) >= 11 is 0. The SMILES string of the molecule is C=CCNC(=O)[C@@H]1c2ccccc2C(=O)N(CCC)[C@@H]1c1cc(OC)c(OC)c(OC)c1. The lowest BCUT2D eigenvalue weighted by molar-refractivity contribution is -0.124. The van der Waals surface area contributed by atoms with Crippen molar-refractivity contribution in [2.45, 2.75) is 25.3 Å². The molecule has 0 aromatic heterocycles. The molecule has 0 spiro atoms. The van der Waals surface area contributed by atoms with Crippen molar-refractivity contribution in [1.82, 2.24) is 10.2 Å². The van der Waals surface area contributed by atoms with Gasteiger partial charge >= 0.3 is 0 Å². The van der Waals surface area contributed by atoms with Crippen LogP contribution >= 0.6 is 0 Å². The predicted molar refractivity (Wildman–Crippen MR) is 123 cm³/mol. The van der Waals surface area contributed by atoms with Crippen molar-refractivity contribution in [3.05, 3.63) is 65.7 Å². The molecule has 0 fully saturated rings. The number of nitrogens with zero attached hydrogens (tertiary/aromatic N) is 1. The third kappa shape index (κ3) is 4.15. The van der Waals surface area contributed by atoms with Crippen LogP contribution in [0, 0.1) is 0 Å². The number of amides is 2. The number of ether oxygens (including phenoxy) is 3. The lowest BCUT2D eigenvalue weighted by atomic mass is 9.79. The lowest BCUT2D eigenvalue weighted by Gasteiger charge is -2.42. The first-order valence-electron chi connectivity index (χ1n) is 10.6. The predicted octanol–water partition coefficient (Wildman–Crippen LogP) is 3.71. The number of hydrogen-bond donors (Lipinski definition) is 1. The average Bonchev–Trinajstić information content (AvgIpc) is 2.83. The van der Waals surface area contributed by atoms with Crippen molar-refractivity contribution in [2.24, 2.45) is 0 Å². The summed E-state index contributed by atoms with van der Waals surface area (Å²) in [5, 5.41) is 2.92. The molecule has 0 unspecified atom stereocenters. The molecule has 3 rings (SSSR count). The highest BCUT2D eigenvalue weighted by atomic mass is 16.5. The van der Waals surface area contributed by atoms with E-state index in [4.69, 9.17) is 14.2 Å². The maximum absolute atomic E-state index is 13.5. The Hall–Kier alpha value is -3.48. The molecule has 0 aliphatic carbocycles. The van der Waals surface area contributed by atoms with Gasteiger partial charge in [0.1, 0.15) is 0 Å². The maximum atomic E-state index is 13.5. The van der Waals surface area contributed by atoms with E-state index in [1.165, 1.54) is 7.11 Å². The number of nitrogens with one attached hydrogen (secondary N) is 1. The van der Waals surface area contributed by atoms with E-state index in [-0.39, 0.29) is 11.8 Å². The first-order chi connectivity index (χ1) is 15.5. The summed E-state index contributed by atoms with van der Waals surface area (Å²) < 4.78 is 16.5. The van der Waals surface area contributed by atoms with Gasteiger partial charge in [-0.2, -0.15) is 0 Å². The van der Waals surface area contributed by atoms with E-state index in [9.17, 15) is 9.59 Å². The largest absolute Gasteiger partial charge is 0.493 e. The van der Waals surface area contributed by atoms with Gasteiger partial charge in [0.25, 0.3) is 5.91 Å². The number of hydrogen-bond acceptors (Lipinski definition) is 5. The van der Waals surface area contributed by atoms with E-state index < -0.39 is 12.0 Å². The van der Waals surface area contributed by atoms with Gasteiger partial charge in [0, 0.05) is 18.7 Å². The molecule has 170 valence electrons. The molecule has 7 heteroatoms. The van der Waals surface area contributed by atoms with Gasteiger partial charge in [-0.1, -0.05) is 31.2 Å². The zero-order chi connectivity index (χ0) is 23.3. The lowest BCUT2D eigenvalue weighted by Crippen LogP contribution is -2.47. The average molecular weight is 439 g/mol. The molecule has 1 aliphatic rings. The third-order valence-electron chi connectivity index (χ3n) is 5.63. The Bertz CT molecular complexity index is 979. The van der Waals surface area contributed by atoms with Crippen molar-refractivity contribution >= 4 is 11.8 Å². The second-order valence-electron chi connectivity index (χ2n) is 7.50. The van der Waals surface area contributed by atoms with Crippen LogP contribution in [0.15, 0.2) is 49.1 Å². The summed E-state index contributed by atoms with van der Waals surface area (Å²) in [6, 6.07) is 10.4. The fourth-order valence-electron chi connectivity index (χ4n) is 4.29. The molecule has 0 saturated carbocycles. The van der Waals surface area contributed by atoms with E-state index in [0.29, 0.717) is 41.5 Å². The van der Waals surface area contributed by atoms with Crippen LogP contribution < -0.4 is 19.5 Å². The Balaban J connectivity index is 2.26. The number of methoxy groups -OCH3 is 3. The van der Waals surface area contributed by atoms with Gasteiger partial charge in [0.05, 0.1) is 33.3 Å². The van der Waals surface area contributed by atoms with Crippen molar-refractivity contribution in [1.29, 1.82) is 0 Å². The van der Waals surface area contributed by atoms with Crippen LogP contribution in [0.4, 0.5) is 0 Å². The third-order valence-corrected chi connectivity index (χ3v) is 5.63.